The van der Waals surface area contributed by atoms with Gasteiger partial charge in [0.1, 0.15) is 11.5 Å². The van der Waals surface area contributed by atoms with Crippen LogP contribution in [0.2, 0.25) is 0 Å². The summed E-state index contributed by atoms with van der Waals surface area (Å²) in [6.45, 7) is 6.08. The molecule has 108 valence electrons. The number of pyridine rings is 1. The molecule has 2 aromatic rings. The van der Waals surface area contributed by atoms with Crippen LogP contribution in [-0.2, 0) is 12.8 Å². The predicted molar refractivity (Wildman–Crippen MR) is 79.0 cm³/mol. The zero-order valence-corrected chi connectivity index (χ0v) is 12.6. The molecule has 0 aliphatic carbocycles. The first-order valence-corrected chi connectivity index (χ1v) is 6.89. The van der Waals surface area contributed by atoms with Gasteiger partial charge in [0.05, 0.1) is 13.4 Å². The summed E-state index contributed by atoms with van der Waals surface area (Å²) in [7, 11) is 1.68. The fourth-order valence-electron chi connectivity index (χ4n) is 2.56. The molecule has 20 heavy (non-hydrogen) atoms. The number of aryl methyl sites for hydroxylation is 2. The second-order valence-electron chi connectivity index (χ2n) is 5.01. The number of hydrogen-bond acceptors (Lipinski definition) is 4. The quantitative estimate of drug-likeness (QED) is 0.910. The van der Waals surface area contributed by atoms with E-state index < -0.39 is 0 Å². The molecule has 2 heterocycles. The van der Waals surface area contributed by atoms with Crippen molar-refractivity contribution in [2.75, 3.05) is 7.11 Å². The molecule has 0 amide bonds. The fraction of sp³-hybridized carbons (Fsp3) is 0.438. The van der Waals surface area contributed by atoms with Crippen LogP contribution in [0.25, 0.3) is 0 Å². The maximum Gasteiger partial charge on any atom is 0.128 e. The zero-order chi connectivity index (χ0) is 14.7. The van der Waals surface area contributed by atoms with Crippen molar-refractivity contribution in [3.8, 4) is 5.75 Å². The number of hydrogen-bond donors (Lipinski definition) is 1. The van der Waals surface area contributed by atoms with Gasteiger partial charge in [0.15, 0.2) is 0 Å². The molecular weight excluding hydrogens is 252 g/mol. The van der Waals surface area contributed by atoms with Crippen molar-refractivity contribution in [3.05, 3.63) is 46.7 Å². The van der Waals surface area contributed by atoms with Crippen molar-refractivity contribution in [1.29, 1.82) is 0 Å². The van der Waals surface area contributed by atoms with Gasteiger partial charge in [0, 0.05) is 47.5 Å². The molecule has 2 N–H and O–H groups in total. The van der Waals surface area contributed by atoms with E-state index in [0.717, 1.165) is 40.3 Å². The molecule has 0 aromatic carbocycles. The van der Waals surface area contributed by atoms with Gasteiger partial charge in [-0.2, -0.15) is 0 Å². The Bertz CT molecular complexity index is 590. The van der Waals surface area contributed by atoms with Crippen LogP contribution in [0.15, 0.2) is 22.9 Å². The van der Waals surface area contributed by atoms with Gasteiger partial charge in [-0.05, 0) is 19.9 Å². The lowest BCUT2D eigenvalue weighted by molar-refractivity contribution is 0.406. The molecule has 0 saturated heterocycles. The fourth-order valence-corrected chi connectivity index (χ4v) is 2.56. The summed E-state index contributed by atoms with van der Waals surface area (Å²) in [5.74, 6) is 1.85. The van der Waals surface area contributed by atoms with E-state index in [-0.39, 0.29) is 6.04 Å². The van der Waals surface area contributed by atoms with E-state index in [1.165, 1.54) is 0 Å². The molecule has 0 saturated carbocycles. The molecule has 1 unspecified atom stereocenters. The summed E-state index contributed by atoms with van der Waals surface area (Å²) in [6, 6.07) is 1.84. The number of nitrogens with two attached hydrogens (primary N) is 1. The van der Waals surface area contributed by atoms with Gasteiger partial charge in [-0.3, -0.25) is 4.98 Å². The van der Waals surface area contributed by atoms with Gasteiger partial charge in [-0.15, -0.1) is 0 Å². The highest BCUT2D eigenvalue weighted by Crippen LogP contribution is 2.27. The van der Waals surface area contributed by atoms with Crippen molar-refractivity contribution < 1.29 is 9.15 Å². The van der Waals surface area contributed by atoms with Gasteiger partial charge in [0.2, 0.25) is 0 Å². The van der Waals surface area contributed by atoms with E-state index in [4.69, 9.17) is 14.9 Å². The van der Waals surface area contributed by atoms with E-state index in [1.54, 1.807) is 13.4 Å². The monoisotopic (exact) mass is 274 g/mol. The predicted octanol–water partition coefficient (Wildman–Crippen LogP) is 3.10. The normalized spacial score (nSPS) is 12.4. The van der Waals surface area contributed by atoms with Crippen molar-refractivity contribution in [3.63, 3.8) is 0 Å². The minimum Gasteiger partial charge on any atom is -0.496 e. The number of rotatable bonds is 5. The molecule has 0 aliphatic heterocycles. The summed E-state index contributed by atoms with van der Waals surface area (Å²) >= 11 is 0. The number of furan rings is 1. The third-order valence-corrected chi connectivity index (χ3v) is 3.66. The average molecular weight is 274 g/mol. The summed E-state index contributed by atoms with van der Waals surface area (Å²) in [5, 5.41) is 0. The minimum atomic E-state index is -0.109. The van der Waals surface area contributed by atoms with Crippen LogP contribution in [0.4, 0.5) is 0 Å². The van der Waals surface area contributed by atoms with Crippen LogP contribution >= 0.6 is 0 Å². The van der Waals surface area contributed by atoms with Gasteiger partial charge in [-0.1, -0.05) is 6.92 Å². The summed E-state index contributed by atoms with van der Waals surface area (Å²) < 4.78 is 10.9. The highest BCUT2D eigenvalue weighted by atomic mass is 16.5. The Morgan fingerprint density at radius 2 is 2.15 bits per heavy atom. The van der Waals surface area contributed by atoms with Gasteiger partial charge in [0.25, 0.3) is 0 Å². The highest BCUT2D eigenvalue weighted by molar-refractivity contribution is 5.41. The number of aromatic nitrogens is 1. The maximum atomic E-state index is 6.31. The van der Waals surface area contributed by atoms with E-state index in [0.29, 0.717) is 6.42 Å². The van der Waals surface area contributed by atoms with Crippen LogP contribution in [0.1, 0.15) is 41.1 Å². The molecule has 4 heteroatoms. The molecule has 0 spiro atoms. The highest BCUT2D eigenvalue weighted by Gasteiger charge is 2.17. The van der Waals surface area contributed by atoms with Crippen molar-refractivity contribution >= 4 is 0 Å². The van der Waals surface area contributed by atoms with Gasteiger partial charge in [-0.25, -0.2) is 0 Å². The van der Waals surface area contributed by atoms with E-state index in [2.05, 4.69) is 11.9 Å². The van der Waals surface area contributed by atoms with Crippen molar-refractivity contribution in [2.24, 2.45) is 5.73 Å². The molecule has 0 aliphatic rings. The van der Waals surface area contributed by atoms with E-state index in [9.17, 15) is 0 Å². The lowest BCUT2D eigenvalue weighted by atomic mass is 9.99. The van der Waals surface area contributed by atoms with Crippen LogP contribution in [0.3, 0.4) is 0 Å². The third kappa shape index (κ3) is 2.70. The lowest BCUT2D eigenvalue weighted by Gasteiger charge is -2.15. The van der Waals surface area contributed by atoms with E-state index in [1.807, 2.05) is 26.1 Å². The molecular formula is C16H22N2O2. The Labute approximate surface area is 120 Å². The van der Waals surface area contributed by atoms with Crippen LogP contribution < -0.4 is 10.5 Å². The SMILES string of the molecule is CCc1occc1C(N)Cc1ncc(C)c(OC)c1C. The average Bonchev–Trinajstić information content (AvgIpc) is 2.91. The topological polar surface area (TPSA) is 61.3 Å². The third-order valence-electron chi connectivity index (χ3n) is 3.66. The summed E-state index contributed by atoms with van der Waals surface area (Å²) in [5.41, 5.74) is 10.4. The van der Waals surface area contributed by atoms with E-state index >= 15 is 0 Å². The Balaban J connectivity index is 2.26. The number of nitrogens with zero attached hydrogens (tertiary/aromatic N) is 1. The van der Waals surface area contributed by atoms with Crippen LogP contribution in [0.5, 0.6) is 5.75 Å². The van der Waals surface area contributed by atoms with Crippen molar-refractivity contribution in [1.82, 2.24) is 4.98 Å². The Morgan fingerprint density at radius 1 is 1.40 bits per heavy atom. The van der Waals surface area contributed by atoms with Crippen LogP contribution in [0, 0.1) is 13.8 Å². The largest absolute Gasteiger partial charge is 0.496 e. The first-order chi connectivity index (χ1) is 9.58. The van der Waals surface area contributed by atoms with Crippen molar-refractivity contribution in [2.45, 2.75) is 39.7 Å². The second kappa shape index (κ2) is 6.09. The summed E-state index contributed by atoms with van der Waals surface area (Å²) in [4.78, 5) is 4.50. The number of methoxy groups -OCH3 is 1. The van der Waals surface area contributed by atoms with Gasteiger partial charge >= 0.3 is 0 Å². The van der Waals surface area contributed by atoms with Gasteiger partial charge < -0.3 is 14.9 Å². The first-order valence-electron chi connectivity index (χ1n) is 6.89. The first kappa shape index (κ1) is 14.6. The molecule has 0 fully saturated rings. The minimum absolute atomic E-state index is 0.109. The molecule has 2 rings (SSSR count). The molecule has 0 radical (unpaired) electrons. The smallest absolute Gasteiger partial charge is 0.128 e. The maximum absolute atomic E-state index is 6.31. The standard InChI is InChI=1S/C16H22N2O2/c1-5-15-12(6-7-20-15)13(17)8-14-11(3)16(19-4)10(2)9-18-14/h6-7,9,13H,5,8,17H2,1-4H3. The summed E-state index contributed by atoms with van der Waals surface area (Å²) in [6.07, 6.45) is 5.06. The molecule has 4 nitrogen and oxygen atoms in total. The molecule has 1 atom stereocenters. The zero-order valence-electron chi connectivity index (χ0n) is 12.6. The van der Waals surface area contributed by atoms with Crippen LogP contribution in [-0.4, -0.2) is 12.1 Å². The molecule has 2 aromatic heterocycles. The lowest BCUT2D eigenvalue weighted by Crippen LogP contribution is -2.16. The Kier molecular flexibility index (Phi) is 4.45. The Morgan fingerprint density at radius 3 is 2.80 bits per heavy atom. The molecule has 0 bridgehead atoms. The number of ether oxygens (including phenoxy) is 1. The second-order valence-corrected chi connectivity index (χ2v) is 5.01. The Hall–Kier alpha value is -1.81.